The van der Waals surface area contributed by atoms with E-state index in [1.54, 1.807) is 24.3 Å². The van der Waals surface area contributed by atoms with Gasteiger partial charge in [-0.15, -0.1) is 0 Å². The number of hydrogen-bond donors (Lipinski definition) is 8. The summed E-state index contributed by atoms with van der Waals surface area (Å²) >= 11 is 4.31. The zero-order valence-electron chi connectivity index (χ0n) is 30.4. The fourth-order valence-corrected chi connectivity index (χ4v) is 6.57. The number of likely N-dealkylation sites (tertiary alicyclic amines) is 1. The number of nitrogens with two attached hydrogens (primary N) is 1. The van der Waals surface area contributed by atoms with Crippen molar-refractivity contribution in [3.8, 4) is 0 Å². The van der Waals surface area contributed by atoms with Crippen molar-refractivity contribution in [1.82, 2.24) is 36.1 Å². The standard InChI is InChI=1S/C38H50N8O7S/c1-23(2)16-28(42-33(47)27(39)17-24-10-5-3-6-11-24)34(48)43-29(19-26-20-40-22-41-26)35(49)45-31(21-54)36(50)44-30(18-25-12-7-4-8-13-25)37(51)46-15-9-14-32(46)38(52)53/h3-8,10-13,20,22-23,27-32,54H,9,14-19,21,39H2,1-2H3,(H,40,41)(H,42,47)(H,43,48)(H,44,50)(H,45,49)(H,52,53)/t27-,28-,29-,30-,31-,32-/m0/s1. The number of carboxylic acids is 1. The van der Waals surface area contributed by atoms with Crippen LogP contribution in [-0.4, -0.2) is 104 Å². The molecule has 54 heavy (non-hydrogen) atoms. The third-order valence-electron chi connectivity index (χ3n) is 9.12. The lowest BCUT2D eigenvalue weighted by atomic mass is 10.0. The number of carboxylic acid groups (broad SMARTS) is 1. The van der Waals surface area contributed by atoms with Gasteiger partial charge in [0, 0.05) is 37.0 Å². The first kappa shape index (κ1) is 41.5. The van der Waals surface area contributed by atoms with Gasteiger partial charge in [-0.2, -0.15) is 12.6 Å². The van der Waals surface area contributed by atoms with Gasteiger partial charge in [0.1, 0.15) is 30.2 Å². The van der Waals surface area contributed by atoms with Crippen molar-refractivity contribution in [3.05, 3.63) is 90.0 Å². The number of benzene rings is 2. The van der Waals surface area contributed by atoms with Gasteiger partial charge in [-0.05, 0) is 42.7 Å². The van der Waals surface area contributed by atoms with Crippen molar-refractivity contribution in [2.75, 3.05) is 12.3 Å². The van der Waals surface area contributed by atoms with Gasteiger partial charge in [-0.3, -0.25) is 24.0 Å². The second-order valence-corrected chi connectivity index (χ2v) is 14.2. The van der Waals surface area contributed by atoms with E-state index >= 15 is 0 Å². The van der Waals surface area contributed by atoms with E-state index in [-0.39, 0.29) is 43.9 Å². The maximum Gasteiger partial charge on any atom is 0.326 e. The number of rotatable bonds is 19. The molecule has 15 nitrogen and oxygen atoms in total. The number of carbonyl (C=O) groups is 6. The zero-order valence-corrected chi connectivity index (χ0v) is 31.3. The Morgan fingerprint density at radius 3 is 1.94 bits per heavy atom. The van der Waals surface area contributed by atoms with Crippen LogP contribution >= 0.6 is 12.6 Å². The first-order valence-corrected chi connectivity index (χ1v) is 18.7. The molecule has 0 unspecified atom stereocenters. The summed E-state index contributed by atoms with van der Waals surface area (Å²) in [5.41, 5.74) is 8.32. The minimum Gasteiger partial charge on any atom is -0.480 e. The Hall–Kier alpha value is -5.22. The van der Waals surface area contributed by atoms with Crippen LogP contribution in [0.4, 0.5) is 0 Å². The van der Waals surface area contributed by atoms with E-state index in [9.17, 15) is 33.9 Å². The van der Waals surface area contributed by atoms with Crippen LogP contribution in [0, 0.1) is 5.92 Å². The molecule has 0 saturated carbocycles. The minimum absolute atomic E-state index is 0.0126. The molecule has 1 aliphatic rings. The van der Waals surface area contributed by atoms with E-state index in [0.29, 0.717) is 18.5 Å². The van der Waals surface area contributed by atoms with Crippen LogP contribution in [0.15, 0.2) is 73.2 Å². The number of aromatic nitrogens is 2. The fourth-order valence-electron chi connectivity index (χ4n) is 6.32. The van der Waals surface area contributed by atoms with Gasteiger partial charge in [-0.1, -0.05) is 74.5 Å². The van der Waals surface area contributed by atoms with Crippen LogP contribution in [0.25, 0.3) is 0 Å². The molecule has 1 aliphatic heterocycles. The Morgan fingerprint density at radius 2 is 1.37 bits per heavy atom. The Bertz CT molecular complexity index is 1710. The molecule has 290 valence electrons. The first-order chi connectivity index (χ1) is 25.9. The molecule has 1 fully saturated rings. The van der Waals surface area contributed by atoms with Crippen LogP contribution in [0.1, 0.15) is 49.9 Å². The first-order valence-electron chi connectivity index (χ1n) is 18.0. The number of nitrogens with zero attached hydrogens (tertiary/aromatic N) is 2. The van der Waals surface area contributed by atoms with E-state index in [1.165, 1.54) is 17.4 Å². The molecular weight excluding hydrogens is 713 g/mol. The topological polar surface area (TPSA) is 229 Å². The molecule has 2 heterocycles. The number of nitrogens with one attached hydrogen (secondary N) is 5. The predicted octanol–water partition coefficient (Wildman–Crippen LogP) is 0.756. The SMILES string of the molecule is CC(C)C[C@H](NC(=O)[C@@H](N)Cc1ccccc1)C(=O)N[C@@H](Cc1cnc[nH]1)C(=O)N[C@@H](CS)C(=O)N[C@@H](Cc1ccccc1)C(=O)N1CCC[C@H]1C(=O)O. The molecule has 0 radical (unpaired) electrons. The van der Waals surface area contributed by atoms with E-state index in [4.69, 9.17) is 5.73 Å². The molecule has 8 N–H and O–H groups in total. The second-order valence-electron chi connectivity index (χ2n) is 13.9. The molecule has 16 heteroatoms. The van der Waals surface area contributed by atoms with Gasteiger partial charge >= 0.3 is 5.97 Å². The second kappa shape index (κ2) is 20.3. The molecule has 2 aromatic carbocycles. The summed E-state index contributed by atoms with van der Waals surface area (Å²) < 4.78 is 0. The van der Waals surface area contributed by atoms with Crippen LogP contribution in [0.3, 0.4) is 0 Å². The average molecular weight is 763 g/mol. The van der Waals surface area contributed by atoms with Crippen molar-refractivity contribution in [1.29, 1.82) is 0 Å². The minimum atomic E-state index is -1.25. The summed E-state index contributed by atoms with van der Waals surface area (Å²) in [5.74, 6) is -4.44. The molecule has 3 aromatic rings. The van der Waals surface area contributed by atoms with Gasteiger partial charge < -0.3 is 42.0 Å². The van der Waals surface area contributed by atoms with Crippen molar-refractivity contribution in [2.45, 2.75) is 88.6 Å². The lowest BCUT2D eigenvalue weighted by Gasteiger charge is -2.29. The van der Waals surface area contributed by atoms with Crippen LogP contribution in [-0.2, 0) is 48.0 Å². The quantitative estimate of drug-likeness (QED) is 0.0806. The van der Waals surface area contributed by atoms with Crippen LogP contribution in [0.2, 0.25) is 0 Å². The molecule has 1 saturated heterocycles. The number of aromatic amines is 1. The maximum atomic E-state index is 13.9. The lowest BCUT2D eigenvalue weighted by Crippen LogP contribution is -2.60. The largest absolute Gasteiger partial charge is 0.480 e. The highest BCUT2D eigenvalue weighted by atomic mass is 32.1. The number of carbonyl (C=O) groups excluding carboxylic acids is 5. The Labute approximate surface area is 320 Å². The van der Waals surface area contributed by atoms with Crippen LogP contribution < -0.4 is 27.0 Å². The molecule has 0 bridgehead atoms. The number of imidazole rings is 1. The summed E-state index contributed by atoms with van der Waals surface area (Å²) in [6.07, 6.45) is 4.29. The third-order valence-corrected chi connectivity index (χ3v) is 9.49. The number of H-pyrrole nitrogens is 1. The molecule has 5 amide bonds. The summed E-state index contributed by atoms with van der Waals surface area (Å²) in [5, 5.41) is 20.6. The van der Waals surface area contributed by atoms with E-state index in [2.05, 4.69) is 43.9 Å². The van der Waals surface area contributed by atoms with E-state index < -0.39 is 71.8 Å². The monoisotopic (exact) mass is 762 g/mol. The number of thiol groups is 1. The highest BCUT2D eigenvalue weighted by Crippen LogP contribution is 2.20. The van der Waals surface area contributed by atoms with Gasteiger partial charge in [0.15, 0.2) is 0 Å². The molecule has 0 aliphatic carbocycles. The van der Waals surface area contributed by atoms with Crippen LogP contribution in [0.5, 0.6) is 0 Å². The molecular formula is C38H50N8O7S. The highest BCUT2D eigenvalue weighted by Gasteiger charge is 2.39. The summed E-state index contributed by atoms with van der Waals surface area (Å²) in [6.45, 7) is 4.01. The van der Waals surface area contributed by atoms with Gasteiger partial charge in [-0.25, -0.2) is 9.78 Å². The lowest BCUT2D eigenvalue weighted by molar-refractivity contribution is -0.149. The van der Waals surface area contributed by atoms with Crippen molar-refractivity contribution < 1.29 is 33.9 Å². The summed E-state index contributed by atoms with van der Waals surface area (Å²) in [4.78, 5) is 88.3. The Morgan fingerprint density at radius 1 is 0.815 bits per heavy atom. The van der Waals surface area contributed by atoms with Gasteiger partial charge in [0.05, 0.1) is 12.4 Å². The van der Waals surface area contributed by atoms with Crippen molar-refractivity contribution in [2.24, 2.45) is 11.7 Å². The van der Waals surface area contributed by atoms with Gasteiger partial charge in [0.25, 0.3) is 0 Å². The molecule has 6 atom stereocenters. The Kier molecular flexibility index (Phi) is 15.6. The fraction of sp³-hybridized carbons (Fsp3) is 0.447. The Balaban J connectivity index is 1.49. The number of amides is 5. The summed E-state index contributed by atoms with van der Waals surface area (Å²) in [7, 11) is 0. The smallest absolute Gasteiger partial charge is 0.326 e. The normalized spacial score (nSPS) is 16.8. The van der Waals surface area contributed by atoms with Gasteiger partial charge in [0.2, 0.25) is 29.5 Å². The van der Waals surface area contributed by atoms with E-state index in [1.807, 2.05) is 50.2 Å². The van der Waals surface area contributed by atoms with Crippen molar-refractivity contribution >= 4 is 48.1 Å². The molecule has 0 spiro atoms. The predicted molar refractivity (Wildman–Crippen MR) is 204 cm³/mol. The number of aliphatic carboxylic acids is 1. The van der Waals surface area contributed by atoms with Crippen molar-refractivity contribution in [3.63, 3.8) is 0 Å². The zero-order chi connectivity index (χ0) is 39.2. The average Bonchev–Trinajstić information content (AvgIpc) is 3.86. The molecule has 4 rings (SSSR count). The van der Waals surface area contributed by atoms with E-state index in [0.717, 1.165) is 11.1 Å². The molecule has 1 aromatic heterocycles. The number of hydrogen-bond acceptors (Lipinski definition) is 9. The maximum absolute atomic E-state index is 13.9. The summed E-state index contributed by atoms with van der Waals surface area (Å²) in [6, 6.07) is 11.7. The third kappa shape index (κ3) is 12.2. The highest BCUT2D eigenvalue weighted by molar-refractivity contribution is 7.80.